The Kier molecular flexibility index (Phi) is 7.28. The zero-order valence-corrected chi connectivity index (χ0v) is 20.6. The van der Waals surface area contributed by atoms with Crippen molar-refractivity contribution >= 4 is 17.6 Å². The molecule has 3 heterocycles. The summed E-state index contributed by atoms with van der Waals surface area (Å²) in [5.41, 5.74) is 2.89. The summed E-state index contributed by atoms with van der Waals surface area (Å²) in [6.45, 7) is 5.96. The van der Waals surface area contributed by atoms with Crippen LogP contribution in [-0.4, -0.2) is 42.8 Å². The summed E-state index contributed by atoms with van der Waals surface area (Å²) in [5, 5.41) is 16.7. The molecule has 9 nitrogen and oxygen atoms in total. The summed E-state index contributed by atoms with van der Waals surface area (Å²) in [4.78, 5) is 30.2. The van der Waals surface area contributed by atoms with Gasteiger partial charge < -0.3 is 10.6 Å². The molecule has 0 saturated heterocycles. The van der Waals surface area contributed by atoms with E-state index in [9.17, 15) is 9.59 Å². The number of nitrogens with zero attached hydrogens (tertiary/aromatic N) is 4. The van der Waals surface area contributed by atoms with E-state index in [1.807, 2.05) is 6.92 Å². The van der Waals surface area contributed by atoms with E-state index in [4.69, 9.17) is 0 Å². The molecule has 1 aliphatic carbocycles. The molecule has 2 amide bonds. The number of aromatic amines is 1. The highest BCUT2D eigenvalue weighted by Gasteiger charge is 2.33. The van der Waals surface area contributed by atoms with E-state index >= 15 is 4.39 Å². The molecule has 3 N–H and O–H groups in total. The molecule has 0 bridgehead atoms. The third kappa shape index (κ3) is 5.26. The molecular weight excluding hydrogens is 449 g/mol. The van der Waals surface area contributed by atoms with Gasteiger partial charge >= 0.3 is 0 Å². The molecule has 1 fully saturated rings. The molecular formula is C25H32FN7O2. The zero-order chi connectivity index (χ0) is 25.1. The van der Waals surface area contributed by atoms with Gasteiger partial charge in [0, 0.05) is 30.1 Å². The summed E-state index contributed by atoms with van der Waals surface area (Å²) < 4.78 is 16.5. The van der Waals surface area contributed by atoms with Crippen molar-refractivity contribution in [3.8, 4) is 11.1 Å². The van der Waals surface area contributed by atoms with Crippen LogP contribution in [0.2, 0.25) is 0 Å². The van der Waals surface area contributed by atoms with Crippen LogP contribution in [0.4, 0.5) is 10.2 Å². The second-order valence-electron chi connectivity index (χ2n) is 9.35. The van der Waals surface area contributed by atoms with Gasteiger partial charge in [0.05, 0.1) is 5.69 Å². The lowest BCUT2D eigenvalue weighted by molar-refractivity contribution is -0.119. The van der Waals surface area contributed by atoms with Gasteiger partial charge in [0.2, 0.25) is 11.9 Å². The molecule has 1 saturated carbocycles. The highest BCUT2D eigenvalue weighted by atomic mass is 19.1. The van der Waals surface area contributed by atoms with Crippen LogP contribution in [0, 0.1) is 24.7 Å². The Bertz CT molecular complexity index is 1210. The highest BCUT2D eigenvalue weighted by molar-refractivity contribution is 6.00. The van der Waals surface area contributed by atoms with E-state index in [0.29, 0.717) is 34.9 Å². The van der Waals surface area contributed by atoms with Gasteiger partial charge in [0.15, 0.2) is 0 Å². The van der Waals surface area contributed by atoms with Crippen LogP contribution in [0.15, 0.2) is 24.4 Å². The molecule has 0 aliphatic heterocycles. The Balaban J connectivity index is 1.55. The first-order chi connectivity index (χ1) is 16.8. The minimum absolute atomic E-state index is 0.0202. The Labute approximate surface area is 203 Å². The second kappa shape index (κ2) is 10.4. The van der Waals surface area contributed by atoms with Crippen molar-refractivity contribution in [2.24, 2.45) is 18.9 Å². The fraction of sp³-hybridized carbons (Fsp3) is 0.480. The number of carbonyl (C=O) groups is 2. The van der Waals surface area contributed by atoms with Crippen LogP contribution >= 0.6 is 0 Å². The number of H-pyrrole nitrogens is 1. The molecule has 0 radical (unpaired) electrons. The fourth-order valence-electron chi connectivity index (χ4n) is 4.82. The van der Waals surface area contributed by atoms with Crippen molar-refractivity contribution in [2.45, 2.75) is 58.9 Å². The lowest BCUT2D eigenvalue weighted by Crippen LogP contribution is -2.49. The fourth-order valence-corrected chi connectivity index (χ4v) is 4.82. The van der Waals surface area contributed by atoms with Crippen LogP contribution in [0.1, 0.15) is 61.4 Å². The molecule has 186 valence electrons. The van der Waals surface area contributed by atoms with Gasteiger partial charge in [-0.25, -0.2) is 4.98 Å². The number of carbonyl (C=O) groups excluding carboxylic acids is 2. The third-order valence-electron chi connectivity index (χ3n) is 6.90. The second-order valence-corrected chi connectivity index (χ2v) is 9.35. The molecule has 0 unspecified atom stereocenters. The summed E-state index contributed by atoms with van der Waals surface area (Å²) in [7, 11) is 1.67. The average molecular weight is 482 g/mol. The molecule has 4 rings (SSSR count). The summed E-state index contributed by atoms with van der Waals surface area (Å²) >= 11 is 0. The minimum Gasteiger partial charge on any atom is -0.339 e. The van der Waals surface area contributed by atoms with Crippen LogP contribution in [0.5, 0.6) is 0 Å². The van der Waals surface area contributed by atoms with Crippen molar-refractivity contribution in [3.05, 3.63) is 47.4 Å². The first-order valence-corrected chi connectivity index (χ1v) is 12.1. The third-order valence-corrected chi connectivity index (χ3v) is 6.90. The summed E-state index contributed by atoms with van der Waals surface area (Å²) in [5.74, 6) is -0.809. The molecule has 0 aromatic carbocycles. The van der Waals surface area contributed by atoms with E-state index in [2.05, 4.69) is 37.8 Å². The Morgan fingerprint density at radius 1 is 1.23 bits per heavy atom. The number of hydrogen-bond acceptors (Lipinski definition) is 5. The maximum atomic E-state index is 15.0. The van der Waals surface area contributed by atoms with E-state index in [0.717, 1.165) is 31.4 Å². The average Bonchev–Trinajstić information content (AvgIpc) is 3.43. The van der Waals surface area contributed by atoms with Crippen molar-refractivity contribution in [1.29, 1.82) is 0 Å². The smallest absolute Gasteiger partial charge is 0.270 e. The van der Waals surface area contributed by atoms with Crippen molar-refractivity contribution < 1.29 is 14.0 Å². The van der Waals surface area contributed by atoms with E-state index in [-0.39, 0.29) is 17.6 Å². The van der Waals surface area contributed by atoms with Gasteiger partial charge in [-0.15, -0.1) is 0 Å². The van der Waals surface area contributed by atoms with Gasteiger partial charge in [-0.05, 0) is 56.2 Å². The van der Waals surface area contributed by atoms with Crippen LogP contribution in [0.25, 0.3) is 11.1 Å². The van der Waals surface area contributed by atoms with Crippen molar-refractivity contribution in [1.82, 2.24) is 30.3 Å². The quantitative estimate of drug-likeness (QED) is 0.444. The topological polar surface area (TPSA) is 118 Å². The highest BCUT2D eigenvalue weighted by Crippen LogP contribution is 2.32. The molecule has 10 heteroatoms. The number of amides is 2. The number of aryl methyl sites for hydroxylation is 3. The number of anilines is 1. The molecule has 1 atom stereocenters. The lowest BCUT2D eigenvalue weighted by atomic mass is 9.79. The Morgan fingerprint density at radius 3 is 2.60 bits per heavy atom. The monoisotopic (exact) mass is 481 g/mol. The van der Waals surface area contributed by atoms with Gasteiger partial charge in [-0.3, -0.25) is 19.4 Å². The van der Waals surface area contributed by atoms with E-state index < -0.39 is 17.9 Å². The van der Waals surface area contributed by atoms with Crippen molar-refractivity contribution in [2.75, 3.05) is 5.32 Å². The van der Waals surface area contributed by atoms with E-state index in [1.54, 1.807) is 32.2 Å². The predicted molar refractivity (Wildman–Crippen MR) is 130 cm³/mol. The normalized spacial score (nSPS) is 18.8. The number of halogens is 1. The summed E-state index contributed by atoms with van der Waals surface area (Å²) in [6, 6.07) is 4.01. The SMILES string of the molecule is CCc1[nH]nc(C)c1-c1ccc(NC(=O)[C@@H](NC(=O)c2ccnn2C)C2CCC(C)CC2)nc1F. The molecule has 0 spiro atoms. The van der Waals surface area contributed by atoms with Crippen molar-refractivity contribution in [3.63, 3.8) is 0 Å². The first-order valence-electron chi connectivity index (χ1n) is 12.1. The molecule has 35 heavy (non-hydrogen) atoms. The predicted octanol–water partition coefficient (Wildman–Crippen LogP) is 3.78. The number of pyridine rings is 1. The maximum absolute atomic E-state index is 15.0. The van der Waals surface area contributed by atoms with Crippen LogP contribution in [-0.2, 0) is 18.3 Å². The number of hydrogen-bond donors (Lipinski definition) is 3. The largest absolute Gasteiger partial charge is 0.339 e. The van der Waals surface area contributed by atoms with Gasteiger partial charge in [0.1, 0.15) is 17.6 Å². The number of nitrogens with one attached hydrogen (secondary N) is 3. The Morgan fingerprint density at radius 2 is 1.97 bits per heavy atom. The minimum atomic E-state index is -0.766. The van der Waals surface area contributed by atoms with Crippen LogP contribution < -0.4 is 10.6 Å². The molecule has 1 aliphatic rings. The molecule has 3 aromatic rings. The molecule has 3 aromatic heterocycles. The van der Waals surface area contributed by atoms with E-state index in [1.165, 1.54) is 10.9 Å². The van der Waals surface area contributed by atoms with Gasteiger partial charge in [-0.2, -0.15) is 14.6 Å². The Hall–Kier alpha value is -3.56. The lowest BCUT2D eigenvalue weighted by Gasteiger charge is -2.32. The number of aromatic nitrogens is 5. The standard InChI is InChI=1S/C25H32FN7O2/c1-5-18-21(15(3)31-32-18)17-10-11-20(28-23(17)26)29-25(35)22(16-8-6-14(2)7-9-16)30-24(34)19-12-13-27-33(19)4/h10-14,16,22H,5-9H2,1-4H3,(H,30,34)(H,31,32)(H,28,29,35)/t14?,16?,22-/m0/s1. The first kappa shape index (κ1) is 24.6. The number of rotatable bonds is 7. The zero-order valence-electron chi connectivity index (χ0n) is 20.6. The summed E-state index contributed by atoms with van der Waals surface area (Å²) in [6.07, 6.45) is 5.83. The van der Waals surface area contributed by atoms with Gasteiger partial charge in [-0.1, -0.05) is 26.7 Å². The van der Waals surface area contributed by atoms with Gasteiger partial charge in [0.25, 0.3) is 5.91 Å². The van der Waals surface area contributed by atoms with Crippen LogP contribution in [0.3, 0.4) is 0 Å². The maximum Gasteiger partial charge on any atom is 0.270 e.